The molecule has 113 valence electrons. The summed E-state index contributed by atoms with van der Waals surface area (Å²) in [6.07, 6.45) is 7.98. The van der Waals surface area contributed by atoms with E-state index in [9.17, 15) is 18.8 Å². The summed E-state index contributed by atoms with van der Waals surface area (Å²) in [7, 11) is 0. The lowest BCUT2D eigenvalue weighted by molar-refractivity contribution is -0.129. The normalized spacial score (nSPS) is 25.9. The van der Waals surface area contributed by atoms with Crippen LogP contribution in [0.25, 0.3) is 0 Å². The first-order chi connectivity index (χ1) is 10.1. The number of imide groups is 1. The molecule has 0 aromatic carbocycles. The van der Waals surface area contributed by atoms with Gasteiger partial charge in [-0.15, -0.1) is 0 Å². The van der Waals surface area contributed by atoms with Gasteiger partial charge >= 0.3 is 12.4 Å². The molecule has 2 atom stereocenters. The van der Waals surface area contributed by atoms with Gasteiger partial charge in [0.2, 0.25) is 0 Å². The van der Waals surface area contributed by atoms with Gasteiger partial charge in [0.1, 0.15) is 11.9 Å². The molecule has 7 heteroatoms. The minimum atomic E-state index is -0.713. The topological polar surface area (TPSA) is 78.5 Å². The number of carbonyl (C=O) groups is 2. The number of amides is 4. The van der Waals surface area contributed by atoms with Gasteiger partial charge < -0.3 is 10.6 Å². The van der Waals surface area contributed by atoms with Gasteiger partial charge in [-0.05, 0) is 37.8 Å². The van der Waals surface area contributed by atoms with E-state index in [1.54, 1.807) is 6.08 Å². The maximum Gasteiger partial charge on any atom is 0.324 e. The van der Waals surface area contributed by atoms with E-state index in [-0.39, 0.29) is 11.9 Å². The second kappa shape index (κ2) is 7.01. The number of nitrogens with zero attached hydrogens (tertiary/aromatic N) is 1. The van der Waals surface area contributed by atoms with Crippen LogP contribution in [0.3, 0.4) is 0 Å². The monoisotopic (exact) mass is 294 g/mol. The van der Waals surface area contributed by atoms with Crippen molar-refractivity contribution in [3.05, 3.63) is 24.1 Å². The van der Waals surface area contributed by atoms with E-state index in [0.717, 1.165) is 11.3 Å². The predicted molar refractivity (Wildman–Crippen MR) is 73.4 cm³/mol. The summed E-state index contributed by atoms with van der Waals surface area (Å²) in [6, 6.07) is -1.57. The van der Waals surface area contributed by atoms with E-state index in [1.807, 2.05) is 0 Å². The summed E-state index contributed by atoms with van der Waals surface area (Å²) >= 11 is 0. The molecule has 1 aliphatic heterocycles. The van der Waals surface area contributed by atoms with Crippen LogP contribution in [0.4, 0.5) is 9.18 Å². The molecule has 1 saturated heterocycles. The molecule has 0 bridgehead atoms. The molecule has 1 fully saturated rings. The lowest BCUT2D eigenvalue weighted by Crippen LogP contribution is -2.52. The van der Waals surface area contributed by atoms with Crippen LogP contribution in [-0.4, -0.2) is 41.9 Å². The van der Waals surface area contributed by atoms with Crippen molar-refractivity contribution in [2.45, 2.75) is 37.8 Å². The van der Waals surface area contributed by atoms with Gasteiger partial charge in [0.25, 0.3) is 5.91 Å². The molecule has 0 spiro atoms. The van der Waals surface area contributed by atoms with E-state index in [2.05, 4.69) is 10.6 Å². The Morgan fingerprint density at radius 1 is 1.43 bits per heavy atom. The summed E-state index contributed by atoms with van der Waals surface area (Å²) in [6.45, 7) is 0.308. The maximum absolute atomic E-state index is 12.9. The molecule has 1 radical (unpaired) electrons. The summed E-state index contributed by atoms with van der Waals surface area (Å²) in [5.41, 5.74) is 0. The molecule has 1 aliphatic carbocycles. The van der Waals surface area contributed by atoms with Crippen LogP contribution in [-0.2, 0) is 9.59 Å². The molecule has 0 aromatic heterocycles. The van der Waals surface area contributed by atoms with Crippen molar-refractivity contribution in [2.24, 2.45) is 0 Å². The predicted octanol–water partition coefficient (Wildman–Crippen LogP) is 0.916. The number of nitrogens with one attached hydrogen (secondary N) is 2. The lowest BCUT2D eigenvalue weighted by Gasteiger charge is -2.25. The summed E-state index contributed by atoms with van der Waals surface area (Å²) in [4.78, 5) is 35.9. The number of hydrogen-bond acceptors (Lipinski definition) is 3. The Balaban J connectivity index is 1.98. The standard InChI is InChI=1S/C14H17FN3O3/c15-10-4-6-11(7-5-10)17-14(21)18-8-2-1-3-12(13(18)20)16-9-19/h4-6,11-12H,1-3,7-8H2,(H,16,19)(H,17,21)/t11?,12-/m0/s1. The van der Waals surface area contributed by atoms with Crippen LogP contribution in [0.15, 0.2) is 24.1 Å². The SMILES string of the molecule is O=[C]N[C@H]1CCCCN(C(=O)NC2C=CC(F)=CC2)C1=O. The fraction of sp³-hybridized carbons (Fsp3) is 0.500. The van der Waals surface area contributed by atoms with Gasteiger partial charge in [-0.1, -0.05) is 6.08 Å². The Labute approximate surface area is 122 Å². The molecule has 4 amide bonds. The van der Waals surface area contributed by atoms with E-state index < -0.39 is 18.0 Å². The van der Waals surface area contributed by atoms with Crippen LogP contribution in [0, 0.1) is 0 Å². The first kappa shape index (κ1) is 15.2. The molecule has 2 aliphatic rings. The zero-order valence-corrected chi connectivity index (χ0v) is 11.5. The molecular formula is C14H17FN3O3. The van der Waals surface area contributed by atoms with Gasteiger partial charge in [-0.3, -0.25) is 14.5 Å². The van der Waals surface area contributed by atoms with Crippen molar-refractivity contribution in [1.29, 1.82) is 0 Å². The van der Waals surface area contributed by atoms with Crippen molar-refractivity contribution in [3.63, 3.8) is 0 Å². The van der Waals surface area contributed by atoms with Crippen LogP contribution in [0.5, 0.6) is 0 Å². The Morgan fingerprint density at radius 2 is 2.24 bits per heavy atom. The molecule has 1 heterocycles. The summed E-state index contributed by atoms with van der Waals surface area (Å²) in [5, 5.41) is 4.99. The molecule has 2 rings (SSSR count). The minimum Gasteiger partial charge on any atom is -0.336 e. The Bertz CT molecular complexity index is 490. The molecule has 21 heavy (non-hydrogen) atoms. The Hall–Kier alpha value is -2.18. The van der Waals surface area contributed by atoms with E-state index in [4.69, 9.17) is 0 Å². The van der Waals surface area contributed by atoms with E-state index in [1.165, 1.54) is 18.6 Å². The maximum atomic E-state index is 12.9. The van der Waals surface area contributed by atoms with Crippen LogP contribution < -0.4 is 10.6 Å². The summed E-state index contributed by atoms with van der Waals surface area (Å²) < 4.78 is 12.9. The third-order valence-electron chi connectivity index (χ3n) is 3.53. The molecule has 0 aromatic rings. The Morgan fingerprint density at radius 3 is 2.90 bits per heavy atom. The van der Waals surface area contributed by atoms with E-state index in [0.29, 0.717) is 25.8 Å². The number of allylic oxidation sites excluding steroid dienone is 2. The van der Waals surface area contributed by atoms with Crippen molar-refractivity contribution < 1.29 is 18.8 Å². The largest absolute Gasteiger partial charge is 0.336 e. The van der Waals surface area contributed by atoms with Crippen LogP contribution in [0.1, 0.15) is 25.7 Å². The molecule has 2 N–H and O–H groups in total. The second-order valence-corrected chi connectivity index (χ2v) is 5.02. The quantitative estimate of drug-likeness (QED) is 0.760. The highest BCUT2D eigenvalue weighted by Crippen LogP contribution is 2.14. The van der Waals surface area contributed by atoms with Gasteiger partial charge in [0.15, 0.2) is 0 Å². The zero-order chi connectivity index (χ0) is 15.2. The number of likely N-dealkylation sites (tertiary alicyclic amines) is 1. The molecule has 1 unspecified atom stereocenters. The molecular weight excluding hydrogens is 277 g/mol. The smallest absolute Gasteiger partial charge is 0.324 e. The first-order valence-corrected chi connectivity index (χ1v) is 6.90. The molecule has 0 saturated carbocycles. The lowest BCUT2D eigenvalue weighted by atomic mass is 10.1. The number of rotatable bonds is 3. The zero-order valence-electron chi connectivity index (χ0n) is 11.5. The highest BCUT2D eigenvalue weighted by molar-refractivity contribution is 5.98. The third-order valence-corrected chi connectivity index (χ3v) is 3.53. The fourth-order valence-electron chi connectivity index (χ4n) is 2.38. The highest BCUT2D eigenvalue weighted by atomic mass is 19.1. The average Bonchev–Trinajstić information content (AvgIpc) is 2.65. The van der Waals surface area contributed by atoms with Crippen LogP contribution >= 0.6 is 0 Å². The van der Waals surface area contributed by atoms with Crippen LogP contribution in [0.2, 0.25) is 0 Å². The van der Waals surface area contributed by atoms with Crippen molar-refractivity contribution in [3.8, 4) is 0 Å². The van der Waals surface area contributed by atoms with Crippen molar-refractivity contribution in [2.75, 3.05) is 6.54 Å². The Kier molecular flexibility index (Phi) is 5.08. The number of hydrogen-bond donors (Lipinski definition) is 2. The fourth-order valence-corrected chi connectivity index (χ4v) is 2.38. The van der Waals surface area contributed by atoms with Gasteiger partial charge in [0, 0.05) is 6.54 Å². The minimum absolute atomic E-state index is 0.308. The number of urea groups is 1. The van der Waals surface area contributed by atoms with E-state index >= 15 is 0 Å². The van der Waals surface area contributed by atoms with Gasteiger partial charge in [-0.2, -0.15) is 0 Å². The van der Waals surface area contributed by atoms with Gasteiger partial charge in [-0.25, -0.2) is 9.18 Å². The van der Waals surface area contributed by atoms with Crippen molar-refractivity contribution >= 4 is 18.3 Å². The summed E-state index contributed by atoms with van der Waals surface area (Å²) in [5.74, 6) is -0.771. The van der Waals surface area contributed by atoms with Gasteiger partial charge in [0.05, 0.1) is 6.04 Å². The molecule has 6 nitrogen and oxygen atoms in total. The number of halogens is 1. The van der Waals surface area contributed by atoms with Crippen molar-refractivity contribution in [1.82, 2.24) is 15.5 Å². The highest BCUT2D eigenvalue weighted by Gasteiger charge is 2.31. The second-order valence-electron chi connectivity index (χ2n) is 5.02. The third kappa shape index (κ3) is 3.90. The number of carbonyl (C=O) groups excluding carboxylic acids is 3. The first-order valence-electron chi connectivity index (χ1n) is 6.90. The average molecular weight is 294 g/mol.